The molecule has 0 radical (unpaired) electrons. The number of hydrogen-bond acceptors (Lipinski definition) is 5. The van der Waals surface area contributed by atoms with Gasteiger partial charge in [0, 0.05) is 11.3 Å². The number of rotatable bonds is 8. The van der Waals surface area contributed by atoms with Crippen molar-refractivity contribution in [2.45, 2.75) is 39.1 Å². The highest BCUT2D eigenvalue weighted by Crippen LogP contribution is 2.34. The molecule has 1 saturated heterocycles. The van der Waals surface area contributed by atoms with E-state index in [1.54, 1.807) is 42.5 Å². The van der Waals surface area contributed by atoms with E-state index in [1.807, 2.05) is 56.3 Å². The summed E-state index contributed by atoms with van der Waals surface area (Å²) in [6.07, 6.45) is 0.131. The van der Waals surface area contributed by atoms with Gasteiger partial charge in [-0.2, -0.15) is 0 Å². The first-order chi connectivity index (χ1) is 18.9. The zero-order valence-electron chi connectivity index (χ0n) is 21.7. The Morgan fingerprint density at radius 2 is 1.67 bits per heavy atom. The minimum Gasteiger partial charge on any atom is -0.467 e. The number of carbonyl (C=O) groups excluding carboxylic acids is 3. The molecular formula is C31H29N3O5. The topological polar surface area (TPSA) is 101 Å². The summed E-state index contributed by atoms with van der Waals surface area (Å²) in [5.74, 6) is 0.0216. The van der Waals surface area contributed by atoms with Gasteiger partial charge >= 0.3 is 6.09 Å². The average Bonchev–Trinajstić information content (AvgIpc) is 3.57. The van der Waals surface area contributed by atoms with E-state index in [4.69, 9.17) is 9.15 Å². The summed E-state index contributed by atoms with van der Waals surface area (Å²) < 4.78 is 11.1. The van der Waals surface area contributed by atoms with Crippen molar-refractivity contribution in [3.8, 4) is 0 Å². The Balaban J connectivity index is 1.36. The van der Waals surface area contributed by atoms with Gasteiger partial charge < -0.3 is 19.8 Å². The number of anilines is 1. The molecule has 39 heavy (non-hydrogen) atoms. The van der Waals surface area contributed by atoms with Crippen LogP contribution in [0.5, 0.6) is 0 Å². The van der Waals surface area contributed by atoms with Crippen molar-refractivity contribution in [2.24, 2.45) is 0 Å². The number of carbonyl (C=O) groups is 3. The molecule has 1 fully saturated rings. The Morgan fingerprint density at radius 1 is 0.897 bits per heavy atom. The molecule has 0 spiro atoms. The highest BCUT2D eigenvalue weighted by atomic mass is 16.6. The SMILES string of the molecule is Cc1ccc(CN2C(=O)O[C@H](c3ccc(NC(=O)c4cccc(C)c4)cc3)[C@@H]2C(=O)NCc2ccco2)cc1. The number of nitrogens with one attached hydrogen (secondary N) is 2. The van der Waals surface area contributed by atoms with Crippen molar-refractivity contribution in [3.63, 3.8) is 0 Å². The quantitative estimate of drug-likeness (QED) is 0.316. The Hall–Kier alpha value is -4.85. The van der Waals surface area contributed by atoms with Gasteiger partial charge in [0.2, 0.25) is 5.91 Å². The van der Waals surface area contributed by atoms with E-state index in [9.17, 15) is 14.4 Å². The maximum atomic E-state index is 13.4. The third-order valence-electron chi connectivity index (χ3n) is 6.62. The number of cyclic esters (lactones) is 1. The first-order valence-corrected chi connectivity index (χ1v) is 12.7. The van der Waals surface area contributed by atoms with E-state index >= 15 is 0 Å². The van der Waals surface area contributed by atoms with Crippen LogP contribution in [-0.4, -0.2) is 28.8 Å². The second-order valence-corrected chi connectivity index (χ2v) is 9.61. The van der Waals surface area contributed by atoms with Gasteiger partial charge in [-0.3, -0.25) is 14.5 Å². The summed E-state index contributed by atoms with van der Waals surface area (Å²) in [6.45, 7) is 4.32. The Labute approximate surface area is 226 Å². The van der Waals surface area contributed by atoms with Crippen LogP contribution in [0.15, 0.2) is 95.6 Å². The van der Waals surface area contributed by atoms with Crippen LogP contribution in [0.4, 0.5) is 10.5 Å². The average molecular weight is 524 g/mol. The minimum atomic E-state index is -0.901. The molecule has 1 aromatic heterocycles. The predicted molar refractivity (Wildman–Crippen MR) is 146 cm³/mol. The second-order valence-electron chi connectivity index (χ2n) is 9.61. The molecule has 5 rings (SSSR count). The zero-order valence-corrected chi connectivity index (χ0v) is 21.7. The maximum absolute atomic E-state index is 13.4. The molecule has 3 amide bonds. The van der Waals surface area contributed by atoms with E-state index in [0.29, 0.717) is 22.6 Å². The summed E-state index contributed by atoms with van der Waals surface area (Å²) in [7, 11) is 0. The molecule has 198 valence electrons. The van der Waals surface area contributed by atoms with E-state index in [0.717, 1.165) is 16.7 Å². The van der Waals surface area contributed by atoms with Gasteiger partial charge in [0.25, 0.3) is 5.91 Å². The number of ether oxygens (including phenoxy) is 1. The third-order valence-corrected chi connectivity index (χ3v) is 6.62. The summed E-state index contributed by atoms with van der Waals surface area (Å²) in [4.78, 5) is 40.6. The summed E-state index contributed by atoms with van der Waals surface area (Å²) in [5.41, 5.74) is 4.77. The van der Waals surface area contributed by atoms with Gasteiger partial charge in [-0.1, -0.05) is 59.7 Å². The normalized spacial score (nSPS) is 16.6. The molecule has 0 aliphatic carbocycles. The number of aryl methyl sites for hydroxylation is 2. The largest absolute Gasteiger partial charge is 0.467 e. The molecule has 8 heteroatoms. The van der Waals surface area contributed by atoms with Gasteiger partial charge in [0.1, 0.15) is 5.76 Å². The van der Waals surface area contributed by atoms with Gasteiger partial charge in [0.05, 0.1) is 19.4 Å². The van der Waals surface area contributed by atoms with Crippen molar-refractivity contribution >= 4 is 23.6 Å². The third kappa shape index (κ3) is 6.01. The lowest BCUT2D eigenvalue weighted by Crippen LogP contribution is -2.46. The molecule has 0 saturated carbocycles. The molecule has 2 atom stereocenters. The zero-order chi connectivity index (χ0) is 27.4. The predicted octanol–water partition coefficient (Wildman–Crippen LogP) is 5.53. The molecular weight excluding hydrogens is 494 g/mol. The summed E-state index contributed by atoms with van der Waals surface area (Å²) in [6, 6.07) is 24.7. The number of hydrogen-bond donors (Lipinski definition) is 2. The summed E-state index contributed by atoms with van der Waals surface area (Å²) >= 11 is 0. The fourth-order valence-corrected chi connectivity index (χ4v) is 4.54. The van der Waals surface area contributed by atoms with Gasteiger partial charge in [-0.25, -0.2) is 4.79 Å². The van der Waals surface area contributed by atoms with E-state index < -0.39 is 18.2 Å². The van der Waals surface area contributed by atoms with Gasteiger partial charge in [-0.05, 0) is 61.4 Å². The van der Waals surface area contributed by atoms with Gasteiger partial charge in [0.15, 0.2) is 12.1 Å². The van der Waals surface area contributed by atoms with Gasteiger partial charge in [-0.15, -0.1) is 0 Å². The summed E-state index contributed by atoms with van der Waals surface area (Å²) in [5, 5.41) is 5.75. The smallest absolute Gasteiger partial charge is 0.411 e. The van der Waals surface area contributed by atoms with E-state index in [-0.39, 0.29) is 24.9 Å². The van der Waals surface area contributed by atoms with Crippen molar-refractivity contribution in [1.29, 1.82) is 0 Å². The van der Waals surface area contributed by atoms with Crippen LogP contribution >= 0.6 is 0 Å². The molecule has 2 heterocycles. The molecule has 1 aliphatic rings. The second kappa shape index (κ2) is 11.3. The molecule has 4 aromatic rings. The first-order valence-electron chi connectivity index (χ1n) is 12.7. The highest BCUT2D eigenvalue weighted by Gasteiger charge is 2.47. The van der Waals surface area contributed by atoms with Crippen LogP contribution in [0.25, 0.3) is 0 Å². The Bertz CT molecular complexity index is 1460. The lowest BCUT2D eigenvalue weighted by molar-refractivity contribution is -0.126. The highest BCUT2D eigenvalue weighted by molar-refractivity contribution is 6.04. The lowest BCUT2D eigenvalue weighted by Gasteiger charge is -2.24. The molecule has 0 unspecified atom stereocenters. The molecule has 2 N–H and O–H groups in total. The van der Waals surface area contributed by atoms with Crippen LogP contribution in [0.1, 0.15) is 44.5 Å². The van der Waals surface area contributed by atoms with Crippen LogP contribution in [0.2, 0.25) is 0 Å². The lowest BCUT2D eigenvalue weighted by atomic mass is 10.00. The minimum absolute atomic E-state index is 0.186. The van der Waals surface area contributed by atoms with Crippen LogP contribution in [0, 0.1) is 13.8 Å². The molecule has 0 bridgehead atoms. The van der Waals surface area contributed by atoms with Crippen LogP contribution < -0.4 is 10.6 Å². The standard InChI is InChI=1S/C31H29N3O5/c1-20-8-10-22(11-9-20)19-34-27(30(36)32-18-26-7-4-16-38-26)28(39-31(34)37)23-12-14-25(15-13-23)33-29(35)24-6-3-5-21(2)17-24/h3-17,27-28H,18-19H2,1-2H3,(H,32,36)(H,33,35)/t27-,28-/m1/s1. The molecule has 1 aliphatic heterocycles. The Morgan fingerprint density at radius 3 is 2.36 bits per heavy atom. The van der Waals surface area contributed by atoms with E-state index in [2.05, 4.69) is 10.6 Å². The fourth-order valence-electron chi connectivity index (χ4n) is 4.54. The fraction of sp³-hybridized carbons (Fsp3) is 0.194. The maximum Gasteiger partial charge on any atom is 0.411 e. The van der Waals surface area contributed by atoms with Crippen molar-refractivity contribution < 1.29 is 23.5 Å². The monoisotopic (exact) mass is 523 g/mol. The van der Waals surface area contributed by atoms with Crippen molar-refractivity contribution in [2.75, 3.05) is 5.32 Å². The Kier molecular flexibility index (Phi) is 7.45. The number of furan rings is 1. The van der Waals surface area contributed by atoms with Crippen molar-refractivity contribution in [1.82, 2.24) is 10.2 Å². The van der Waals surface area contributed by atoms with Crippen LogP contribution in [0.3, 0.4) is 0 Å². The first kappa shape index (κ1) is 25.8. The van der Waals surface area contributed by atoms with E-state index in [1.165, 1.54) is 11.2 Å². The van der Waals surface area contributed by atoms with Crippen molar-refractivity contribution in [3.05, 3.63) is 125 Å². The number of benzene rings is 3. The van der Waals surface area contributed by atoms with Crippen LogP contribution in [-0.2, 0) is 22.6 Å². The number of amides is 3. The number of nitrogens with zero attached hydrogens (tertiary/aromatic N) is 1. The molecule has 8 nitrogen and oxygen atoms in total. The molecule has 3 aromatic carbocycles.